The molecular formula is C15H21NO3. The van der Waals surface area contributed by atoms with Gasteiger partial charge < -0.3 is 15.5 Å². The molecule has 0 heterocycles. The van der Waals surface area contributed by atoms with Crippen LogP contribution >= 0.6 is 0 Å². The molecule has 19 heavy (non-hydrogen) atoms. The third kappa shape index (κ3) is 2.51. The molecule has 1 aromatic rings. The Morgan fingerprint density at radius 3 is 2.26 bits per heavy atom. The molecule has 4 nitrogen and oxygen atoms in total. The van der Waals surface area contributed by atoms with Gasteiger partial charge in [0.25, 0.3) is 0 Å². The Labute approximate surface area is 113 Å². The zero-order valence-electron chi connectivity index (χ0n) is 11.2. The lowest BCUT2D eigenvalue weighted by Gasteiger charge is -2.31. The molecule has 1 saturated carbocycles. The molecule has 0 saturated heterocycles. The van der Waals surface area contributed by atoms with Crippen LogP contribution in [0.5, 0.6) is 0 Å². The second-order valence-corrected chi connectivity index (χ2v) is 5.35. The molecule has 1 fully saturated rings. The Kier molecular flexibility index (Phi) is 3.92. The van der Waals surface area contributed by atoms with Crippen LogP contribution in [-0.2, 0) is 10.2 Å². The highest BCUT2D eigenvalue weighted by Gasteiger charge is 2.52. The minimum absolute atomic E-state index is 0.0938. The van der Waals surface area contributed by atoms with Gasteiger partial charge in [0.1, 0.15) is 0 Å². The number of amides is 1. The van der Waals surface area contributed by atoms with Crippen molar-refractivity contribution in [2.45, 2.75) is 37.1 Å². The van der Waals surface area contributed by atoms with Gasteiger partial charge in [-0.25, -0.2) is 0 Å². The second-order valence-electron chi connectivity index (χ2n) is 5.35. The van der Waals surface area contributed by atoms with Gasteiger partial charge in [0.2, 0.25) is 5.91 Å². The van der Waals surface area contributed by atoms with E-state index < -0.39 is 11.0 Å². The topological polar surface area (TPSA) is 69.6 Å². The molecule has 1 aromatic carbocycles. The van der Waals surface area contributed by atoms with E-state index >= 15 is 0 Å². The molecule has 0 radical (unpaired) electrons. The number of hydrogen-bond acceptors (Lipinski definition) is 3. The van der Waals surface area contributed by atoms with Crippen molar-refractivity contribution < 1.29 is 15.0 Å². The molecule has 0 aliphatic heterocycles. The SMILES string of the molecule is CCC(CO)(CO)NC(=O)C1(c2ccccc2)CC1. The van der Waals surface area contributed by atoms with Gasteiger partial charge in [-0.2, -0.15) is 0 Å². The number of hydrogen-bond donors (Lipinski definition) is 3. The van der Waals surface area contributed by atoms with Crippen LogP contribution in [0.15, 0.2) is 30.3 Å². The van der Waals surface area contributed by atoms with Crippen LogP contribution in [0.3, 0.4) is 0 Å². The second kappa shape index (κ2) is 5.31. The van der Waals surface area contributed by atoms with E-state index in [1.54, 1.807) is 0 Å². The zero-order chi connectivity index (χ0) is 13.9. The highest BCUT2D eigenvalue weighted by molar-refractivity contribution is 5.91. The molecule has 0 unspecified atom stereocenters. The molecule has 0 spiro atoms. The van der Waals surface area contributed by atoms with Crippen LogP contribution in [0, 0.1) is 0 Å². The number of aliphatic hydroxyl groups is 2. The highest BCUT2D eigenvalue weighted by atomic mass is 16.3. The summed E-state index contributed by atoms with van der Waals surface area (Å²) in [5, 5.41) is 21.7. The summed E-state index contributed by atoms with van der Waals surface area (Å²) in [6.07, 6.45) is 2.13. The summed E-state index contributed by atoms with van der Waals surface area (Å²) in [4.78, 5) is 12.5. The summed E-state index contributed by atoms with van der Waals surface area (Å²) >= 11 is 0. The van der Waals surface area contributed by atoms with Crippen LogP contribution in [0.2, 0.25) is 0 Å². The van der Waals surface area contributed by atoms with E-state index in [1.165, 1.54) is 0 Å². The van der Waals surface area contributed by atoms with Gasteiger partial charge in [-0.15, -0.1) is 0 Å². The smallest absolute Gasteiger partial charge is 0.231 e. The van der Waals surface area contributed by atoms with E-state index in [4.69, 9.17) is 0 Å². The number of rotatable bonds is 6. The molecule has 1 aliphatic carbocycles. The van der Waals surface area contributed by atoms with E-state index in [2.05, 4.69) is 5.32 Å². The van der Waals surface area contributed by atoms with Gasteiger partial charge in [-0.1, -0.05) is 37.3 Å². The average Bonchev–Trinajstić information content (AvgIpc) is 3.27. The molecule has 0 atom stereocenters. The maximum absolute atomic E-state index is 12.5. The molecule has 104 valence electrons. The summed E-state index contributed by atoms with van der Waals surface area (Å²) in [7, 11) is 0. The highest BCUT2D eigenvalue weighted by Crippen LogP contribution is 2.48. The largest absolute Gasteiger partial charge is 0.394 e. The van der Waals surface area contributed by atoms with Crippen molar-refractivity contribution in [3.63, 3.8) is 0 Å². The van der Waals surface area contributed by atoms with Crippen molar-refractivity contribution in [1.29, 1.82) is 0 Å². The third-order valence-corrected chi connectivity index (χ3v) is 4.17. The van der Waals surface area contributed by atoms with Gasteiger partial charge in [0.05, 0.1) is 24.2 Å². The van der Waals surface area contributed by atoms with E-state index in [-0.39, 0.29) is 19.1 Å². The monoisotopic (exact) mass is 263 g/mol. The van der Waals surface area contributed by atoms with Crippen LogP contribution < -0.4 is 5.32 Å². The minimum Gasteiger partial charge on any atom is -0.394 e. The Bertz CT molecular complexity index is 428. The first kappa shape index (κ1) is 14.0. The summed E-state index contributed by atoms with van der Waals surface area (Å²) in [6, 6.07) is 9.69. The molecule has 1 aliphatic rings. The summed E-state index contributed by atoms with van der Waals surface area (Å²) < 4.78 is 0. The van der Waals surface area contributed by atoms with E-state index in [1.807, 2.05) is 37.3 Å². The van der Waals surface area contributed by atoms with Crippen molar-refractivity contribution >= 4 is 5.91 Å². The molecule has 0 bridgehead atoms. The summed E-state index contributed by atoms with van der Waals surface area (Å²) in [5.74, 6) is -0.0938. The Hall–Kier alpha value is -1.39. The predicted octanol–water partition coefficient (Wildman–Crippen LogP) is 0.968. The normalized spacial score (nSPS) is 17.0. The number of nitrogens with one attached hydrogen (secondary N) is 1. The van der Waals surface area contributed by atoms with Crippen LogP contribution in [0.1, 0.15) is 31.7 Å². The average molecular weight is 263 g/mol. The lowest BCUT2D eigenvalue weighted by molar-refractivity contribution is -0.127. The van der Waals surface area contributed by atoms with Gasteiger partial charge in [0, 0.05) is 0 Å². The van der Waals surface area contributed by atoms with Crippen molar-refractivity contribution in [1.82, 2.24) is 5.32 Å². The van der Waals surface area contributed by atoms with E-state index in [0.29, 0.717) is 6.42 Å². The Morgan fingerprint density at radius 2 is 1.84 bits per heavy atom. The van der Waals surface area contributed by atoms with Gasteiger partial charge in [-0.3, -0.25) is 4.79 Å². The fraction of sp³-hybridized carbons (Fsp3) is 0.533. The van der Waals surface area contributed by atoms with Gasteiger partial charge in [-0.05, 0) is 24.8 Å². The quantitative estimate of drug-likeness (QED) is 0.716. The third-order valence-electron chi connectivity index (χ3n) is 4.17. The number of carbonyl (C=O) groups excluding carboxylic acids is 1. The first-order valence-corrected chi connectivity index (χ1v) is 6.72. The fourth-order valence-electron chi connectivity index (χ4n) is 2.33. The lowest BCUT2D eigenvalue weighted by Crippen LogP contribution is -2.56. The Balaban J connectivity index is 2.17. The molecular weight excluding hydrogens is 242 g/mol. The maximum Gasteiger partial charge on any atom is 0.231 e. The zero-order valence-corrected chi connectivity index (χ0v) is 11.2. The Morgan fingerprint density at radius 1 is 1.26 bits per heavy atom. The van der Waals surface area contributed by atoms with Crippen molar-refractivity contribution in [3.05, 3.63) is 35.9 Å². The number of aliphatic hydroxyl groups excluding tert-OH is 2. The van der Waals surface area contributed by atoms with Crippen LogP contribution in [0.25, 0.3) is 0 Å². The minimum atomic E-state index is -0.915. The van der Waals surface area contributed by atoms with Crippen molar-refractivity contribution in [3.8, 4) is 0 Å². The van der Waals surface area contributed by atoms with Crippen LogP contribution in [0.4, 0.5) is 0 Å². The first-order valence-electron chi connectivity index (χ1n) is 6.72. The van der Waals surface area contributed by atoms with Crippen molar-refractivity contribution in [2.24, 2.45) is 0 Å². The fourth-order valence-corrected chi connectivity index (χ4v) is 2.33. The van der Waals surface area contributed by atoms with Gasteiger partial charge >= 0.3 is 0 Å². The van der Waals surface area contributed by atoms with Crippen LogP contribution in [-0.4, -0.2) is 34.9 Å². The molecule has 0 aromatic heterocycles. The maximum atomic E-state index is 12.5. The molecule has 2 rings (SSSR count). The first-order chi connectivity index (χ1) is 9.12. The molecule has 3 N–H and O–H groups in total. The molecule has 4 heteroatoms. The molecule has 1 amide bonds. The number of benzene rings is 1. The van der Waals surface area contributed by atoms with Crippen molar-refractivity contribution in [2.75, 3.05) is 13.2 Å². The van der Waals surface area contributed by atoms with E-state index in [0.717, 1.165) is 18.4 Å². The van der Waals surface area contributed by atoms with Gasteiger partial charge in [0.15, 0.2) is 0 Å². The summed E-state index contributed by atoms with van der Waals surface area (Å²) in [5.41, 5.74) is -0.374. The van der Waals surface area contributed by atoms with E-state index in [9.17, 15) is 15.0 Å². The predicted molar refractivity (Wildman–Crippen MR) is 72.7 cm³/mol. The standard InChI is InChI=1S/C15H21NO3/c1-2-14(10-17,11-18)16-13(19)15(8-9-15)12-6-4-3-5-7-12/h3-7,17-18H,2,8-11H2,1H3,(H,16,19). The summed E-state index contributed by atoms with van der Waals surface area (Å²) in [6.45, 7) is 1.34. The number of carbonyl (C=O) groups is 1. The lowest BCUT2D eigenvalue weighted by atomic mass is 9.91.